The normalized spacial score (nSPS) is 23.3. The minimum absolute atomic E-state index is 0.0112. The van der Waals surface area contributed by atoms with Gasteiger partial charge in [0, 0.05) is 32.6 Å². The first-order valence-corrected chi connectivity index (χ1v) is 10.2. The monoisotopic (exact) mass is 395 g/mol. The maximum atomic E-state index is 13.7. The fourth-order valence-corrected chi connectivity index (χ4v) is 4.40. The van der Waals surface area contributed by atoms with E-state index in [0.29, 0.717) is 26.2 Å². The van der Waals surface area contributed by atoms with E-state index in [9.17, 15) is 14.0 Å². The first-order valence-electron chi connectivity index (χ1n) is 10.2. The second-order valence-corrected chi connectivity index (χ2v) is 7.84. The smallest absolute Gasteiger partial charge is 0.228 e. The number of halogens is 1. The van der Waals surface area contributed by atoms with Gasteiger partial charge in [-0.1, -0.05) is 42.5 Å². The van der Waals surface area contributed by atoms with E-state index in [-0.39, 0.29) is 42.1 Å². The second-order valence-electron chi connectivity index (χ2n) is 7.84. The number of nitrogens with zero attached hydrogens (tertiary/aromatic N) is 2. The number of benzene rings is 2. The Kier molecular flexibility index (Phi) is 5.62. The zero-order chi connectivity index (χ0) is 20.4. The van der Waals surface area contributed by atoms with Crippen LogP contribution in [0.5, 0.6) is 0 Å². The topological polar surface area (TPSA) is 52.7 Å². The molecule has 0 aromatic heterocycles. The fraction of sp³-hybridized carbons (Fsp3) is 0.391. The highest BCUT2D eigenvalue weighted by atomic mass is 19.1. The molecule has 2 aliphatic rings. The molecule has 6 heteroatoms. The Labute approximate surface area is 170 Å². The lowest BCUT2D eigenvalue weighted by Gasteiger charge is -2.38. The molecular weight excluding hydrogens is 369 g/mol. The number of carbonyl (C=O) groups excluding carboxylic acids is 2. The summed E-state index contributed by atoms with van der Waals surface area (Å²) in [6.07, 6.45) is 0.232. The van der Waals surface area contributed by atoms with Gasteiger partial charge in [-0.25, -0.2) is 4.39 Å². The maximum Gasteiger partial charge on any atom is 0.228 e. The van der Waals surface area contributed by atoms with Gasteiger partial charge in [0.05, 0.1) is 18.0 Å². The van der Waals surface area contributed by atoms with Crippen LogP contribution in [0.3, 0.4) is 0 Å². The first kappa shape index (κ1) is 19.6. The molecule has 0 bridgehead atoms. The second kappa shape index (κ2) is 8.33. The summed E-state index contributed by atoms with van der Waals surface area (Å²) in [5.74, 6) is -0.670. The van der Waals surface area contributed by atoms with E-state index in [1.54, 1.807) is 11.0 Å². The number of hydrogen-bond donors (Lipinski definition) is 1. The molecule has 2 aromatic rings. The van der Waals surface area contributed by atoms with Crippen LogP contribution in [0.25, 0.3) is 0 Å². The molecule has 2 aliphatic heterocycles. The van der Waals surface area contributed by atoms with E-state index in [0.717, 1.165) is 11.1 Å². The van der Waals surface area contributed by atoms with Crippen molar-refractivity contribution < 1.29 is 14.0 Å². The molecule has 0 saturated carbocycles. The number of hydrogen-bond acceptors (Lipinski definition) is 3. The van der Waals surface area contributed by atoms with Gasteiger partial charge >= 0.3 is 0 Å². The van der Waals surface area contributed by atoms with E-state index >= 15 is 0 Å². The molecule has 29 heavy (non-hydrogen) atoms. The third-order valence-corrected chi connectivity index (χ3v) is 6.02. The van der Waals surface area contributed by atoms with Crippen LogP contribution in [-0.2, 0) is 9.59 Å². The van der Waals surface area contributed by atoms with E-state index < -0.39 is 0 Å². The number of nitrogens with one attached hydrogen (secondary N) is 1. The number of likely N-dealkylation sites (tertiary alicyclic amines) is 1. The average molecular weight is 395 g/mol. The van der Waals surface area contributed by atoms with E-state index in [1.807, 2.05) is 48.2 Å². The lowest BCUT2D eigenvalue weighted by Crippen LogP contribution is -2.50. The molecule has 3 atom stereocenters. The quantitative estimate of drug-likeness (QED) is 0.866. The molecule has 2 amide bonds. The fourth-order valence-electron chi connectivity index (χ4n) is 4.40. The molecule has 2 fully saturated rings. The minimum Gasteiger partial charge on any atom is -0.335 e. The highest BCUT2D eigenvalue weighted by Gasteiger charge is 2.41. The SMILES string of the molecule is CC(c1ccccc1)N1CC(C(=O)N2CCNCC2c2cccc(F)c2)CC1=O. The molecule has 5 nitrogen and oxygen atoms in total. The molecule has 4 rings (SSSR count). The maximum absolute atomic E-state index is 13.7. The Balaban J connectivity index is 1.50. The van der Waals surface area contributed by atoms with Gasteiger partial charge < -0.3 is 15.1 Å². The summed E-state index contributed by atoms with van der Waals surface area (Å²) in [4.78, 5) is 29.6. The summed E-state index contributed by atoms with van der Waals surface area (Å²) in [5.41, 5.74) is 1.85. The van der Waals surface area contributed by atoms with Gasteiger partial charge in [0.2, 0.25) is 11.8 Å². The summed E-state index contributed by atoms with van der Waals surface area (Å²) in [6.45, 7) is 4.26. The Hall–Kier alpha value is -2.73. The predicted molar refractivity (Wildman–Crippen MR) is 108 cm³/mol. The first-order chi connectivity index (χ1) is 14.0. The molecule has 0 aliphatic carbocycles. The Morgan fingerprint density at radius 3 is 2.72 bits per heavy atom. The Bertz CT molecular complexity index is 889. The summed E-state index contributed by atoms with van der Waals surface area (Å²) in [7, 11) is 0. The van der Waals surface area contributed by atoms with Gasteiger partial charge in [-0.2, -0.15) is 0 Å². The van der Waals surface area contributed by atoms with Gasteiger partial charge in [-0.15, -0.1) is 0 Å². The molecular formula is C23H26FN3O2. The van der Waals surface area contributed by atoms with Crippen molar-refractivity contribution >= 4 is 11.8 Å². The number of piperazine rings is 1. The predicted octanol–water partition coefficient (Wildman–Crippen LogP) is 2.91. The third kappa shape index (κ3) is 4.03. The molecule has 152 valence electrons. The average Bonchev–Trinajstić information content (AvgIpc) is 3.15. The van der Waals surface area contributed by atoms with Crippen molar-refractivity contribution in [2.24, 2.45) is 5.92 Å². The van der Waals surface area contributed by atoms with Crippen molar-refractivity contribution in [2.45, 2.75) is 25.4 Å². The lowest BCUT2D eigenvalue weighted by molar-refractivity contribution is -0.139. The van der Waals surface area contributed by atoms with Gasteiger partial charge in [0.1, 0.15) is 5.82 Å². The van der Waals surface area contributed by atoms with Crippen LogP contribution in [0.1, 0.15) is 36.6 Å². The van der Waals surface area contributed by atoms with Crippen LogP contribution in [0.2, 0.25) is 0 Å². The number of carbonyl (C=O) groups is 2. The largest absolute Gasteiger partial charge is 0.335 e. The van der Waals surface area contributed by atoms with Gasteiger partial charge in [-0.3, -0.25) is 9.59 Å². The number of amides is 2. The summed E-state index contributed by atoms with van der Waals surface area (Å²) < 4.78 is 13.7. The molecule has 0 radical (unpaired) electrons. The van der Waals surface area contributed by atoms with Crippen LogP contribution in [-0.4, -0.2) is 47.8 Å². The van der Waals surface area contributed by atoms with Gasteiger partial charge in [0.15, 0.2) is 0 Å². The van der Waals surface area contributed by atoms with Crippen LogP contribution in [0, 0.1) is 11.7 Å². The zero-order valence-corrected chi connectivity index (χ0v) is 16.6. The third-order valence-electron chi connectivity index (χ3n) is 6.02. The van der Waals surface area contributed by atoms with Crippen molar-refractivity contribution in [2.75, 3.05) is 26.2 Å². The van der Waals surface area contributed by atoms with Crippen LogP contribution in [0.4, 0.5) is 4.39 Å². The van der Waals surface area contributed by atoms with Crippen molar-refractivity contribution in [3.05, 3.63) is 71.5 Å². The summed E-state index contributed by atoms with van der Waals surface area (Å²) in [5, 5.41) is 3.29. The zero-order valence-electron chi connectivity index (χ0n) is 16.6. The van der Waals surface area contributed by atoms with E-state index in [1.165, 1.54) is 12.1 Å². The van der Waals surface area contributed by atoms with Crippen molar-refractivity contribution in [3.63, 3.8) is 0 Å². The molecule has 0 spiro atoms. The lowest BCUT2D eigenvalue weighted by atomic mass is 9.99. The summed E-state index contributed by atoms with van der Waals surface area (Å²) >= 11 is 0. The van der Waals surface area contributed by atoms with Crippen molar-refractivity contribution in [1.29, 1.82) is 0 Å². The molecule has 2 saturated heterocycles. The molecule has 3 unspecified atom stereocenters. The standard InChI is InChI=1S/C23H26FN3O2/c1-16(17-6-3-2-4-7-17)27-15-19(13-22(27)28)23(29)26-11-10-25-14-21(26)18-8-5-9-20(24)12-18/h2-9,12,16,19,21,25H,10-11,13-15H2,1H3. The molecule has 2 aromatic carbocycles. The van der Waals surface area contributed by atoms with Gasteiger partial charge in [0.25, 0.3) is 0 Å². The summed E-state index contributed by atoms with van der Waals surface area (Å²) in [6, 6.07) is 16.0. The Morgan fingerprint density at radius 2 is 1.97 bits per heavy atom. The highest BCUT2D eigenvalue weighted by Crippen LogP contribution is 2.32. The molecule has 1 N–H and O–H groups in total. The van der Waals surface area contributed by atoms with Crippen LogP contribution < -0.4 is 5.32 Å². The number of rotatable bonds is 4. The van der Waals surface area contributed by atoms with E-state index in [2.05, 4.69) is 5.32 Å². The van der Waals surface area contributed by atoms with Crippen molar-refractivity contribution in [1.82, 2.24) is 15.1 Å². The van der Waals surface area contributed by atoms with Crippen LogP contribution in [0.15, 0.2) is 54.6 Å². The minimum atomic E-state index is -0.358. The van der Waals surface area contributed by atoms with E-state index in [4.69, 9.17) is 0 Å². The van der Waals surface area contributed by atoms with Crippen LogP contribution >= 0.6 is 0 Å². The highest BCUT2D eigenvalue weighted by molar-refractivity contribution is 5.89. The molecule has 2 heterocycles. The Morgan fingerprint density at radius 1 is 1.17 bits per heavy atom. The van der Waals surface area contributed by atoms with Crippen molar-refractivity contribution in [3.8, 4) is 0 Å². The van der Waals surface area contributed by atoms with Gasteiger partial charge in [-0.05, 0) is 30.2 Å².